The molecule has 0 fully saturated rings. The van der Waals surface area contributed by atoms with Gasteiger partial charge in [-0.15, -0.1) is 5.10 Å². The van der Waals surface area contributed by atoms with E-state index in [4.69, 9.17) is 0 Å². The topological polar surface area (TPSA) is 25.8 Å². The van der Waals surface area contributed by atoms with E-state index in [-0.39, 0.29) is 0 Å². The molecular weight excluding hydrogens is 292 g/mol. The lowest BCUT2D eigenvalue weighted by Gasteiger charge is -2.16. The Balaban J connectivity index is 1.83. The van der Waals surface area contributed by atoms with Gasteiger partial charge in [0.25, 0.3) is 0 Å². The predicted octanol–water partition coefficient (Wildman–Crippen LogP) is 5.58. The normalized spacial score (nSPS) is 12.1. The van der Waals surface area contributed by atoms with E-state index in [1.807, 2.05) is 18.2 Å². The molecule has 2 aromatic carbocycles. The Hall–Kier alpha value is -2.48. The van der Waals surface area contributed by atoms with Crippen molar-refractivity contribution in [3.63, 3.8) is 0 Å². The van der Waals surface area contributed by atoms with Gasteiger partial charge in [0.05, 0.1) is 11.4 Å². The van der Waals surface area contributed by atoms with E-state index in [0.29, 0.717) is 5.92 Å². The third-order valence-electron chi connectivity index (χ3n) is 4.45. The van der Waals surface area contributed by atoms with Gasteiger partial charge in [0.1, 0.15) is 0 Å². The molecular formula is C22H24N2. The van der Waals surface area contributed by atoms with E-state index in [2.05, 4.69) is 72.6 Å². The zero-order chi connectivity index (χ0) is 16.8. The van der Waals surface area contributed by atoms with E-state index >= 15 is 0 Å². The maximum atomic E-state index is 4.51. The molecule has 122 valence electrons. The summed E-state index contributed by atoms with van der Waals surface area (Å²) in [5, 5.41) is 9.02. The summed E-state index contributed by atoms with van der Waals surface area (Å²) in [6.07, 6.45) is 3.29. The highest BCUT2D eigenvalue weighted by molar-refractivity contribution is 5.62. The molecule has 1 aromatic heterocycles. The quantitative estimate of drug-likeness (QED) is 0.593. The molecule has 0 N–H and O–H groups in total. The van der Waals surface area contributed by atoms with E-state index < -0.39 is 0 Å². The van der Waals surface area contributed by atoms with Crippen molar-refractivity contribution in [2.24, 2.45) is 0 Å². The van der Waals surface area contributed by atoms with Gasteiger partial charge >= 0.3 is 0 Å². The van der Waals surface area contributed by atoms with Crippen molar-refractivity contribution in [2.45, 2.75) is 39.0 Å². The highest BCUT2D eigenvalue weighted by Gasteiger charge is 2.14. The molecule has 24 heavy (non-hydrogen) atoms. The molecule has 3 aromatic rings. The van der Waals surface area contributed by atoms with Crippen LogP contribution in [0.4, 0.5) is 0 Å². The summed E-state index contributed by atoms with van der Waals surface area (Å²) in [6.45, 7) is 4.36. The largest absolute Gasteiger partial charge is 0.155 e. The number of aryl methyl sites for hydroxylation is 1. The molecule has 0 saturated carbocycles. The molecule has 1 unspecified atom stereocenters. The van der Waals surface area contributed by atoms with E-state index in [1.54, 1.807) is 0 Å². The average molecular weight is 316 g/mol. The van der Waals surface area contributed by atoms with Crippen molar-refractivity contribution < 1.29 is 0 Å². The molecule has 2 heteroatoms. The van der Waals surface area contributed by atoms with Gasteiger partial charge in [-0.3, -0.25) is 0 Å². The van der Waals surface area contributed by atoms with Gasteiger partial charge in [0.15, 0.2) is 0 Å². The summed E-state index contributed by atoms with van der Waals surface area (Å²) in [5.41, 5.74) is 5.77. The Morgan fingerprint density at radius 1 is 0.875 bits per heavy atom. The second-order valence-electron chi connectivity index (χ2n) is 6.33. The standard InChI is InChI=1S/C22H24N2/c1-3-10-20(18-11-6-4-7-12-18)16-21-15-17(2)22(24-23-21)19-13-8-5-9-14-19/h4-9,11-15,20H,3,10,16H2,1-2H3. The molecule has 0 amide bonds. The van der Waals surface area contributed by atoms with Gasteiger partial charge in [-0.05, 0) is 42.9 Å². The number of hydrogen-bond donors (Lipinski definition) is 0. The van der Waals surface area contributed by atoms with Gasteiger partial charge in [-0.2, -0.15) is 5.10 Å². The van der Waals surface area contributed by atoms with Crippen LogP contribution in [0.15, 0.2) is 66.7 Å². The summed E-state index contributed by atoms with van der Waals surface area (Å²) in [4.78, 5) is 0. The lowest BCUT2D eigenvalue weighted by molar-refractivity contribution is 0.598. The van der Waals surface area contributed by atoms with Crippen LogP contribution >= 0.6 is 0 Å². The zero-order valence-corrected chi connectivity index (χ0v) is 14.4. The van der Waals surface area contributed by atoms with Crippen LogP contribution in [0.2, 0.25) is 0 Å². The average Bonchev–Trinajstić information content (AvgIpc) is 2.63. The number of aromatic nitrogens is 2. The molecule has 0 aliphatic carbocycles. The van der Waals surface area contributed by atoms with Crippen LogP contribution in [-0.4, -0.2) is 10.2 Å². The molecule has 0 radical (unpaired) electrons. The molecule has 0 aliphatic heterocycles. The lowest BCUT2D eigenvalue weighted by atomic mass is 9.90. The van der Waals surface area contributed by atoms with Crippen molar-refractivity contribution in [2.75, 3.05) is 0 Å². The molecule has 0 spiro atoms. The maximum absolute atomic E-state index is 4.51. The van der Waals surface area contributed by atoms with Gasteiger partial charge in [-0.1, -0.05) is 74.0 Å². The maximum Gasteiger partial charge on any atom is 0.0958 e. The number of rotatable bonds is 6. The van der Waals surface area contributed by atoms with Crippen molar-refractivity contribution in [1.82, 2.24) is 10.2 Å². The Labute approximate surface area is 144 Å². The summed E-state index contributed by atoms with van der Waals surface area (Å²) in [5.74, 6) is 0.507. The van der Waals surface area contributed by atoms with Crippen molar-refractivity contribution >= 4 is 0 Å². The Bertz CT molecular complexity index is 766. The van der Waals surface area contributed by atoms with Gasteiger partial charge in [-0.25, -0.2) is 0 Å². The molecule has 1 atom stereocenters. The third kappa shape index (κ3) is 3.88. The van der Waals surface area contributed by atoms with Crippen LogP contribution in [-0.2, 0) is 6.42 Å². The molecule has 1 heterocycles. The Morgan fingerprint density at radius 3 is 2.17 bits per heavy atom. The van der Waals surface area contributed by atoms with Crippen molar-refractivity contribution in [1.29, 1.82) is 0 Å². The van der Waals surface area contributed by atoms with Crippen LogP contribution in [0.25, 0.3) is 11.3 Å². The molecule has 0 bridgehead atoms. The minimum atomic E-state index is 0.507. The summed E-state index contributed by atoms with van der Waals surface area (Å²) < 4.78 is 0. The Kier molecular flexibility index (Phi) is 5.37. The number of hydrogen-bond acceptors (Lipinski definition) is 2. The molecule has 0 saturated heterocycles. The summed E-state index contributed by atoms with van der Waals surface area (Å²) in [7, 11) is 0. The number of nitrogens with zero attached hydrogens (tertiary/aromatic N) is 2. The van der Waals surface area contributed by atoms with Crippen molar-refractivity contribution in [3.05, 3.63) is 83.6 Å². The first kappa shape index (κ1) is 16.4. The van der Waals surface area contributed by atoms with Crippen LogP contribution < -0.4 is 0 Å². The first-order chi connectivity index (χ1) is 11.8. The summed E-state index contributed by atoms with van der Waals surface area (Å²) >= 11 is 0. The second kappa shape index (κ2) is 7.87. The second-order valence-corrected chi connectivity index (χ2v) is 6.33. The Morgan fingerprint density at radius 2 is 1.54 bits per heavy atom. The smallest absolute Gasteiger partial charge is 0.0958 e. The fraction of sp³-hybridized carbons (Fsp3) is 0.273. The highest BCUT2D eigenvalue weighted by atomic mass is 15.1. The fourth-order valence-electron chi connectivity index (χ4n) is 3.23. The van der Waals surface area contributed by atoms with E-state index in [0.717, 1.165) is 23.4 Å². The van der Waals surface area contributed by atoms with Crippen molar-refractivity contribution in [3.8, 4) is 11.3 Å². The van der Waals surface area contributed by atoms with Gasteiger partial charge in [0.2, 0.25) is 0 Å². The minimum absolute atomic E-state index is 0.507. The van der Waals surface area contributed by atoms with Gasteiger partial charge in [0, 0.05) is 5.56 Å². The first-order valence-corrected chi connectivity index (χ1v) is 8.71. The highest BCUT2D eigenvalue weighted by Crippen LogP contribution is 2.26. The summed E-state index contributed by atoms with van der Waals surface area (Å²) in [6, 6.07) is 23.2. The fourth-order valence-corrected chi connectivity index (χ4v) is 3.23. The number of benzene rings is 2. The monoisotopic (exact) mass is 316 g/mol. The molecule has 3 rings (SSSR count). The van der Waals surface area contributed by atoms with E-state index in [9.17, 15) is 0 Å². The SMILES string of the molecule is CCCC(Cc1cc(C)c(-c2ccccc2)nn1)c1ccccc1. The van der Waals surface area contributed by atoms with E-state index in [1.165, 1.54) is 24.0 Å². The molecule has 2 nitrogen and oxygen atoms in total. The minimum Gasteiger partial charge on any atom is -0.155 e. The van der Waals surface area contributed by atoms with Crippen LogP contribution in [0.3, 0.4) is 0 Å². The van der Waals surface area contributed by atoms with Gasteiger partial charge < -0.3 is 0 Å². The molecule has 0 aliphatic rings. The van der Waals surface area contributed by atoms with Crippen LogP contribution in [0.5, 0.6) is 0 Å². The predicted molar refractivity (Wildman–Crippen MR) is 100 cm³/mol. The first-order valence-electron chi connectivity index (χ1n) is 8.71. The third-order valence-corrected chi connectivity index (χ3v) is 4.45. The van der Waals surface area contributed by atoms with Crippen LogP contribution in [0.1, 0.15) is 42.5 Å². The lowest BCUT2D eigenvalue weighted by Crippen LogP contribution is -2.06. The zero-order valence-electron chi connectivity index (χ0n) is 14.4. The van der Waals surface area contributed by atoms with Crippen LogP contribution in [0, 0.1) is 6.92 Å².